The molecule has 0 spiro atoms. The maximum absolute atomic E-state index is 11.5. The average molecular weight is 196 g/mol. The van der Waals surface area contributed by atoms with Crippen LogP contribution in [0, 0.1) is 0 Å². The summed E-state index contributed by atoms with van der Waals surface area (Å²) in [4.78, 5) is 11.5. The van der Waals surface area contributed by atoms with Gasteiger partial charge in [0.25, 0.3) is 0 Å². The van der Waals surface area contributed by atoms with Crippen LogP contribution in [-0.4, -0.2) is 18.7 Å². The number of ketones is 1. The van der Waals surface area contributed by atoms with Gasteiger partial charge in [0, 0.05) is 38.9 Å². The number of allylic oxidation sites excluding steroid dienone is 2. The highest BCUT2D eigenvalue weighted by Gasteiger charge is 2.36. The lowest BCUT2D eigenvalue weighted by Gasteiger charge is -2.37. The fourth-order valence-corrected chi connectivity index (χ4v) is 2.07. The molecular formula is C11H16O3. The molecule has 0 aromatic rings. The van der Waals surface area contributed by atoms with Crippen molar-refractivity contribution in [1.29, 1.82) is 0 Å². The Hall–Kier alpha value is -0.830. The van der Waals surface area contributed by atoms with Gasteiger partial charge in [-0.05, 0) is 12.8 Å². The number of carbonyl (C=O) groups is 1. The summed E-state index contributed by atoms with van der Waals surface area (Å²) in [5, 5.41) is 0. The first kappa shape index (κ1) is 9.71. The highest BCUT2D eigenvalue weighted by atomic mass is 16.7. The summed E-state index contributed by atoms with van der Waals surface area (Å²) in [7, 11) is 1.65. The normalized spacial score (nSPS) is 32.6. The molecule has 1 aliphatic heterocycles. The minimum atomic E-state index is -0.517. The molecule has 0 bridgehead atoms. The Morgan fingerprint density at radius 1 is 1.36 bits per heavy atom. The molecule has 0 aromatic heterocycles. The van der Waals surface area contributed by atoms with Crippen molar-refractivity contribution in [3.63, 3.8) is 0 Å². The van der Waals surface area contributed by atoms with E-state index in [1.807, 2.05) is 6.92 Å². The van der Waals surface area contributed by atoms with Crippen LogP contribution in [0.15, 0.2) is 11.3 Å². The summed E-state index contributed by atoms with van der Waals surface area (Å²) in [6, 6.07) is 0. The Morgan fingerprint density at radius 3 is 2.86 bits per heavy atom. The molecule has 1 heterocycles. The maximum Gasteiger partial charge on any atom is 0.207 e. The summed E-state index contributed by atoms with van der Waals surface area (Å²) >= 11 is 0. The number of rotatable bonds is 1. The lowest BCUT2D eigenvalue weighted by atomic mass is 9.89. The molecule has 78 valence electrons. The van der Waals surface area contributed by atoms with Crippen molar-refractivity contribution in [2.45, 2.75) is 44.8 Å². The standard InChI is InChI=1S/C11H16O3/c1-11(13-2)7-6-8-9(12)4-3-5-10(8)14-11/h3-7H2,1-2H3. The predicted molar refractivity (Wildman–Crippen MR) is 51.6 cm³/mol. The second kappa shape index (κ2) is 3.39. The molecule has 0 fully saturated rings. The van der Waals surface area contributed by atoms with Gasteiger partial charge < -0.3 is 9.47 Å². The smallest absolute Gasteiger partial charge is 0.207 e. The summed E-state index contributed by atoms with van der Waals surface area (Å²) < 4.78 is 11.0. The van der Waals surface area contributed by atoms with E-state index in [9.17, 15) is 4.79 Å². The number of methoxy groups -OCH3 is 1. The van der Waals surface area contributed by atoms with Crippen LogP contribution in [0.5, 0.6) is 0 Å². The minimum absolute atomic E-state index is 0.268. The molecule has 14 heavy (non-hydrogen) atoms. The Kier molecular flexibility index (Phi) is 2.35. The first-order valence-corrected chi connectivity index (χ1v) is 5.14. The summed E-state index contributed by atoms with van der Waals surface area (Å²) in [5.41, 5.74) is 0.908. The first-order chi connectivity index (χ1) is 6.64. The Labute approximate surface area is 84.1 Å². The molecule has 0 amide bonds. The lowest BCUT2D eigenvalue weighted by Crippen LogP contribution is -2.36. The second-order valence-corrected chi connectivity index (χ2v) is 4.12. The van der Waals surface area contributed by atoms with E-state index in [0.717, 1.165) is 37.0 Å². The summed E-state index contributed by atoms with van der Waals surface area (Å²) in [6.45, 7) is 1.93. The zero-order valence-electron chi connectivity index (χ0n) is 8.76. The molecular weight excluding hydrogens is 180 g/mol. The number of carbonyl (C=O) groups excluding carboxylic acids is 1. The largest absolute Gasteiger partial charge is 0.467 e. The molecule has 0 saturated carbocycles. The van der Waals surface area contributed by atoms with Gasteiger partial charge >= 0.3 is 0 Å². The van der Waals surface area contributed by atoms with Gasteiger partial charge in [-0.15, -0.1) is 0 Å². The number of ether oxygens (including phenoxy) is 2. The summed E-state index contributed by atoms with van der Waals surface area (Å²) in [5.74, 6) is 0.623. The predicted octanol–water partition coefficient (Wildman–Crippen LogP) is 2.17. The second-order valence-electron chi connectivity index (χ2n) is 4.12. The number of hydrogen-bond donors (Lipinski definition) is 0. The van der Waals surface area contributed by atoms with Crippen molar-refractivity contribution in [2.75, 3.05) is 7.11 Å². The monoisotopic (exact) mass is 196 g/mol. The van der Waals surface area contributed by atoms with Crippen LogP contribution in [0.1, 0.15) is 39.0 Å². The van der Waals surface area contributed by atoms with Gasteiger partial charge in [0.15, 0.2) is 5.78 Å². The van der Waals surface area contributed by atoms with Crippen LogP contribution in [0.2, 0.25) is 0 Å². The topological polar surface area (TPSA) is 35.5 Å². The Balaban J connectivity index is 2.23. The van der Waals surface area contributed by atoms with Gasteiger partial charge in [-0.25, -0.2) is 0 Å². The SMILES string of the molecule is COC1(C)CCC2=C(CCCC2=O)O1. The van der Waals surface area contributed by atoms with Crippen molar-refractivity contribution < 1.29 is 14.3 Å². The third-order valence-electron chi connectivity index (χ3n) is 3.08. The highest BCUT2D eigenvalue weighted by molar-refractivity contribution is 5.96. The van der Waals surface area contributed by atoms with Crippen LogP contribution < -0.4 is 0 Å². The molecule has 3 heteroatoms. The quantitative estimate of drug-likeness (QED) is 0.644. The van der Waals surface area contributed by atoms with Crippen LogP contribution in [0.3, 0.4) is 0 Å². The summed E-state index contributed by atoms with van der Waals surface area (Å²) in [6.07, 6.45) is 4.07. The van der Waals surface area contributed by atoms with Crippen molar-refractivity contribution >= 4 is 5.78 Å². The molecule has 0 saturated heterocycles. The molecule has 1 aliphatic carbocycles. The molecule has 1 atom stereocenters. The first-order valence-electron chi connectivity index (χ1n) is 5.14. The van der Waals surface area contributed by atoms with Crippen LogP contribution in [0.4, 0.5) is 0 Å². The molecule has 3 nitrogen and oxygen atoms in total. The Morgan fingerprint density at radius 2 is 2.14 bits per heavy atom. The van der Waals surface area contributed by atoms with Crippen LogP contribution in [0.25, 0.3) is 0 Å². The zero-order chi connectivity index (χ0) is 10.2. The van der Waals surface area contributed by atoms with E-state index >= 15 is 0 Å². The average Bonchev–Trinajstić information content (AvgIpc) is 2.18. The van der Waals surface area contributed by atoms with Gasteiger partial charge in [-0.1, -0.05) is 0 Å². The molecule has 0 N–H and O–H groups in total. The van der Waals surface area contributed by atoms with E-state index in [-0.39, 0.29) is 5.78 Å². The van der Waals surface area contributed by atoms with Gasteiger partial charge in [-0.3, -0.25) is 4.79 Å². The van der Waals surface area contributed by atoms with Crippen molar-refractivity contribution in [3.8, 4) is 0 Å². The van der Waals surface area contributed by atoms with Gasteiger partial charge in [0.05, 0.1) is 0 Å². The van der Waals surface area contributed by atoms with E-state index in [1.54, 1.807) is 7.11 Å². The fraction of sp³-hybridized carbons (Fsp3) is 0.727. The van der Waals surface area contributed by atoms with Crippen molar-refractivity contribution in [3.05, 3.63) is 11.3 Å². The van der Waals surface area contributed by atoms with Crippen LogP contribution in [-0.2, 0) is 14.3 Å². The zero-order valence-corrected chi connectivity index (χ0v) is 8.76. The molecule has 0 aromatic carbocycles. The molecule has 1 unspecified atom stereocenters. The fourth-order valence-electron chi connectivity index (χ4n) is 2.07. The van der Waals surface area contributed by atoms with E-state index in [4.69, 9.17) is 9.47 Å². The van der Waals surface area contributed by atoms with Gasteiger partial charge in [0.2, 0.25) is 5.79 Å². The number of Topliss-reactive ketones (excluding diaryl/α,β-unsaturated/α-hetero) is 1. The third-order valence-corrected chi connectivity index (χ3v) is 3.08. The van der Waals surface area contributed by atoms with Crippen LogP contribution >= 0.6 is 0 Å². The third kappa shape index (κ3) is 1.57. The van der Waals surface area contributed by atoms with Crippen molar-refractivity contribution in [1.82, 2.24) is 0 Å². The highest BCUT2D eigenvalue weighted by Crippen LogP contribution is 2.37. The number of hydrogen-bond acceptors (Lipinski definition) is 3. The van der Waals surface area contributed by atoms with E-state index in [0.29, 0.717) is 6.42 Å². The molecule has 0 radical (unpaired) electrons. The maximum atomic E-state index is 11.5. The molecule has 2 aliphatic rings. The minimum Gasteiger partial charge on any atom is -0.467 e. The Bertz CT molecular complexity index is 293. The van der Waals surface area contributed by atoms with Crippen molar-refractivity contribution in [2.24, 2.45) is 0 Å². The van der Waals surface area contributed by atoms with E-state index < -0.39 is 5.79 Å². The van der Waals surface area contributed by atoms with E-state index in [1.165, 1.54) is 0 Å². The van der Waals surface area contributed by atoms with Gasteiger partial charge in [0.1, 0.15) is 5.76 Å². The lowest BCUT2D eigenvalue weighted by molar-refractivity contribution is -0.199. The van der Waals surface area contributed by atoms with Gasteiger partial charge in [-0.2, -0.15) is 0 Å². The van der Waals surface area contributed by atoms with E-state index in [2.05, 4.69) is 0 Å². The molecule has 2 rings (SSSR count).